The first-order valence-electron chi connectivity index (χ1n) is 5.03. The Morgan fingerprint density at radius 3 is 2.80 bits per heavy atom. The van der Waals surface area contributed by atoms with Crippen molar-refractivity contribution in [2.75, 3.05) is 5.73 Å². The molecule has 0 saturated carbocycles. The van der Waals surface area contributed by atoms with Gasteiger partial charge in [-0.2, -0.15) is 0 Å². The van der Waals surface area contributed by atoms with Gasteiger partial charge in [0.25, 0.3) is 0 Å². The van der Waals surface area contributed by atoms with Crippen LogP contribution in [0.1, 0.15) is 19.7 Å². The number of fused-ring (bicyclic) bond motifs is 1. The fraction of sp³-hybridized carbons (Fsp3) is 0.500. The van der Waals surface area contributed by atoms with Crippen molar-refractivity contribution in [1.29, 1.82) is 0 Å². The highest BCUT2D eigenvalue weighted by molar-refractivity contribution is 5.81. The molecule has 0 bridgehead atoms. The van der Waals surface area contributed by atoms with Gasteiger partial charge in [-0.3, -0.25) is 0 Å². The van der Waals surface area contributed by atoms with Crippen molar-refractivity contribution in [3.05, 3.63) is 12.2 Å². The molecular formula is C10H15N5. The second-order valence-electron chi connectivity index (χ2n) is 4.12. The molecule has 0 aromatic carbocycles. The molecule has 2 aromatic heterocycles. The van der Waals surface area contributed by atoms with Crippen LogP contribution < -0.4 is 5.73 Å². The fourth-order valence-corrected chi connectivity index (χ4v) is 1.61. The number of aromatic nitrogens is 4. The Balaban J connectivity index is 2.58. The summed E-state index contributed by atoms with van der Waals surface area (Å²) in [5.74, 6) is 1.70. The summed E-state index contributed by atoms with van der Waals surface area (Å²) in [7, 11) is 0. The van der Waals surface area contributed by atoms with Crippen molar-refractivity contribution >= 4 is 17.0 Å². The summed E-state index contributed by atoms with van der Waals surface area (Å²) in [5, 5.41) is 0. The van der Waals surface area contributed by atoms with Crippen LogP contribution in [0.25, 0.3) is 11.2 Å². The van der Waals surface area contributed by atoms with Gasteiger partial charge in [-0.05, 0) is 12.8 Å². The second kappa shape index (κ2) is 3.49. The maximum Gasteiger partial charge on any atom is 0.165 e. The number of aryl methyl sites for hydroxylation is 1. The molecular weight excluding hydrogens is 190 g/mol. The third-order valence-corrected chi connectivity index (χ3v) is 2.16. The molecule has 15 heavy (non-hydrogen) atoms. The van der Waals surface area contributed by atoms with Gasteiger partial charge in [0.1, 0.15) is 11.3 Å². The van der Waals surface area contributed by atoms with Crippen LogP contribution in [0.5, 0.6) is 0 Å². The van der Waals surface area contributed by atoms with Crippen LogP contribution in [0.2, 0.25) is 0 Å². The minimum atomic E-state index is 0.458. The topological polar surface area (TPSA) is 69.6 Å². The number of nitrogens with two attached hydrogens (primary N) is 1. The van der Waals surface area contributed by atoms with E-state index in [9.17, 15) is 0 Å². The van der Waals surface area contributed by atoms with E-state index in [4.69, 9.17) is 5.73 Å². The minimum Gasteiger partial charge on any atom is -0.382 e. The molecule has 2 aromatic rings. The van der Waals surface area contributed by atoms with Crippen molar-refractivity contribution in [3.8, 4) is 0 Å². The monoisotopic (exact) mass is 205 g/mol. The number of hydrogen-bond acceptors (Lipinski definition) is 4. The molecule has 0 aliphatic heterocycles. The maximum absolute atomic E-state index is 5.77. The summed E-state index contributed by atoms with van der Waals surface area (Å²) >= 11 is 0. The number of anilines is 1. The summed E-state index contributed by atoms with van der Waals surface area (Å²) in [5.41, 5.74) is 7.30. The predicted molar refractivity (Wildman–Crippen MR) is 59.3 cm³/mol. The standard InChI is InChI=1S/C10H15N5/c1-6(2)4-15-5-12-8-9(11)13-7(3)14-10(8)15/h5-6H,4H2,1-3H3,(H2,11,13,14). The van der Waals surface area contributed by atoms with Gasteiger partial charge in [0.15, 0.2) is 11.5 Å². The highest BCUT2D eigenvalue weighted by Crippen LogP contribution is 2.16. The molecule has 2 rings (SSSR count). The third-order valence-electron chi connectivity index (χ3n) is 2.16. The van der Waals surface area contributed by atoms with E-state index >= 15 is 0 Å². The molecule has 0 saturated heterocycles. The van der Waals surface area contributed by atoms with Gasteiger partial charge in [-0.15, -0.1) is 0 Å². The Morgan fingerprint density at radius 2 is 2.13 bits per heavy atom. The van der Waals surface area contributed by atoms with Crippen molar-refractivity contribution in [2.45, 2.75) is 27.3 Å². The van der Waals surface area contributed by atoms with Crippen molar-refractivity contribution in [2.24, 2.45) is 5.92 Å². The third kappa shape index (κ3) is 1.77. The lowest BCUT2D eigenvalue weighted by molar-refractivity contribution is 0.530. The molecule has 5 heteroatoms. The van der Waals surface area contributed by atoms with E-state index < -0.39 is 0 Å². The van der Waals surface area contributed by atoms with Crippen LogP contribution in [0.4, 0.5) is 5.82 Å². The first kappa shape index (κ1) is 9.89. The first-order chi connectivity index (χ1) is 7.08. The number of rotatable bonds is 2. The lowest BCUT2D eigenvalue weighted by Gasteiger charge is -2.06. The van der Waals surface area contributed by atoms with Gasteiger partial charge < -0.3 is 10.3 Å². The van der Waals surface area contributed by atoms with Crippen LogP contribution in [-0.2, 0) is 6.54 Å². The number of nitrogen functional groups attached to an aromatic ring is 1. The molecule has 2 heterocycles. The van der Waals surface area contributed by atoms with Crippen LogP contribution in [0.15, 0.2) is 6.33 Å². The van der Waals surface area contributed by atoms with Crippen molar-refractivity contribution in [1.82, 2.24) is 19.5 Å². The summed E-state index contributed by atoms with van der Waals surface area (Å²) in [6.07, 6.45) is 1.77. The first-order valence-corrected chi connectivity index (χ1v) is 5.03. The van der Waals surface area contributed by atoms with Gasteiger partial charge in [-0.1, -0.05) is 13.8 Å². The Kier molecular flexibility index (Phi) is 2.30. The average Bonchev–Trinajstić information content (AvgIpc) is 2.48. The SMILES string of the molecule is Cc1nc(N)c2ncn(CC(C)C)c2n1. The Morgan fingerprint density at radius 1 is 1.40 bits per heavy atom. The molecule has 0 radical (unpaired) electrons. The lowest BCUT2D eigenvalue weighted by atomic mass is 10.2. The number of hydrogen-bond donors (Lipinski definition) is 1. The Hall–Kier alpha value is -1.65. The summed E-state index contributed by atoms with van der Waals surface area (Å²) in [4.78, 5) is 12.7. The van der Waals surface area contributed by atoms with Crippen LogP contribution in [0.3, 0.4) is 0 Å². The predicted octanol–water partition coefficient (Wildman–Crippen LogP) is 1.37. The smallest absolute Gasteiger partial charge is 0.165 e. The van der Waals surface area contributed by atoms with Crippen LogP contribution in [0, 0.1) is 12.8 Å². The van der Waals surface area contributed by atoms with Gasteiger partial charge in [0, 0.05) is 6.54 Å². The van der Waals surface area contributed by atoms with Gasteiger partial charge >= 0.3 is 0 Å². The van der Waals surface area contributed by atoms with E-state index in [0.717, 1.165) is 12.2 Å². The van der Waals surface area contributed by atoms with Crippen LogP contribution in [-0.4, -0.2) is 19.5 Å². The molecule has 0 unspecified atom stereocenters. The van der Waals surface area contributed by atoms with Crippen molar-refractivity contribution < 1.29 is 0 Å². The highest BCUT2D eigenvalue weighted by atomic mass is 15.1. The number of nitrogens with zero attached hydrogens (tertiary/aromatic N) is 4. The molecule has 0 fully saturated rings. The zero-order chi connectivity index (χ0) is 11.0. The van der Waals surface area contributed by atoms with E-state index in [0.29, 0.717) is 23.1 Å². The van der Waals surface area contributed by atoms with E-state index in [2.05, 4.69) is 28.8 Å². The molecule has 0 spiro atoms. The molecule has 0 aliphatic rings. The number of imidazole rings is 1. The average molecular weight is 205 g/mol. The Bertz CT molecular complexity index is 486. The van der Waals surface area contributed by atoms with E-state index in [1.54, 1.807) is 6.33 Å². The molecule has 0 atom stereocenters. The maximum atomic E-state index is 5.77. The van der Waals surface area contributed by atoms with E-state index in [1.165, 1.54) is 0 Å². The lowest BCUT2D eigenvalue weighted by Crippen LogP contribution is -2.05. The van der Waals surface area contributed by atoms with E-state index in [1.807, 2.05) is 11.5 Å². The molecule has 0 aliphatic carbocycles. The molecule has 80 valence electrons. The largest absolute Gasteiger partial charge is 0.382 e. The fourth-order valence-electron chi connectivity index (χ4n) is 1.61. The van der Waals surface area contributed by atoms with Crippen molar-refractivity contribution in [3.63, 3.8) is 0 Å². The van der Waals surface area contributed by atoms with E-state index in [-0.39, 0.29) is 0 Å². The Labute approximate surface area is 88.4 Å². The van der Waals surface area contributed by atoms with Crippen LogP contribution >= 0.6 is 0 Å². The zero-order valence-corrected chi connectivity index (χ0v) is 9.23. The molecule has 0 amide bonds. The highest BCUT2D eigenvalue weighted by Gasteiger charge is 2.09. The summed E-state index contributed by atoms with van der Waals surface area (Å²) in [6, 6.07) is 0. The second-order valence-corrected chi connectivity index (χ2v) is 4.12. The van der Waals surface area contributed by atoms with Gasteiger partial charge in [-0.25, -0.2) is 15.0 Å². The summed E-state index contributed by atoms with van der Waals surface area (Å²) in [6.45, 7) is 7.04. The zero-order valence-electron chi connectivity index (χ0n) is 9.23. The quantitative estimate of drug-likeness (QED) is 0.804. The van der Waals surface area contributed by atoms with Gasteiger partial charge in [0.05, 0.1) is 6.33 Å². The molecule has 2 N–H and O–H groups in total. The summed E-state index contributed by atoms with van der Waals surface area (Å²) < 4.78 is 2.02. The van der Waals surface area contributed by atoms with Gasteiger partial charge in [0.2, 0.25) is 0 Å². The normalized spacial score (nSPS) is 11.5. The minimum absolute atomic E-state index is 0.458. The molecule has 5 nitrogen and oxygen atoms in total.